The highest BCUT2D eigenvalue weighted by molar-refractivity contribution is 6.07. The minimum atomic E-state index is -3.62. The second-order valence-corrected chi connectivity index (χ2v) is 11.4. The fourth-order valence-corrected chi connectivity index (χ4v) is 5.67. The summed E-state index contributed by atoms with van der Waals surface area (Å²) in [5.41, 5.74) is 0.628. The van der Waals surface area contributed by atoms with Crippen LogP contribution in [0.4, 0.5) is 49.9 Å². The van der Waals surface area contributed by atoms with E-state index in [-0.39, 0.29) is 61.4 Å². The molecular formula is C34H33F4N5O7. The maximum atomic E-state index is 14.2. The van der Waals surface area contributed by atoms with Crippen LogP contribution in [-0.4, -0.2) is 62.2 Å². The molecule has 0 spiro atoms. The van der Waals surface area contributed by atoms with Crippen molar-refractivity contribution in [3.63, 3.8) is 0 Å². The van der Waals surface area contributed by atoms with Crippen LogP contribution in [0.3, 0.4) is 0 Å². The number of carbonyl (C=O) groups excluding carboxylic acids is 5. The molecule has 0 bridgehead atoms. The van der Waals surface area contributed by atoms with Crippen LogP contribution in [0.1, 0.15) is 37.5 Å². The van der Waals surface area contributed by atoms with E-state index >= 15 is 0 Å². The molecule has 3 aliphatic heterocycles. The molecule has 50 heavy (non-hydrogen) atoms. The van der Waals surface area contributed by atoms with E-state index in [4.69, 9.17) is 9.47 Å². The third-order valence-corrected chi connectivity index (χ3v) is 8.12. The maximum absolute atomic E-state index is 14.2. The lowest BCUT2D eigenvalue weighted by Gasteiger charge is -2.16. The number of ether oxygens (including phenoxy) is 2. The van der Waals surface area contributed by atoms with Crippen molar-refractivity contribution in [3.05, 3.63) is 83.4 Å². The van der Waals surface area contributed by atoms with E-state index in [1.807, 2.05) is 18.2 Å². The van der Waals surface area contributed by atoms with Crippen molar-refractivity contribution in [1.82, 2.24) is 5.32 Å². The van der Waals surface area contributed by atoms with Crippen LogP contribution in [-0.2, 0) is 42.3 Å². The highest BCUT2D eigenvalue weighted by Crippen LogP contribution is 2.46. The first-order valence-corrected chi connectivity index (χ1v) is 15.6. The minimum Gasteiger partial charge on any atom is -0.444 e. The number of nitrogens with one attached hydrogen (secondary N) is 2. The highest BCUT2D eigenvalue weighted by atomic mass is 19.3. The van der Waals surface area contributed by atoms with Crippen molar-refractivity contribution in [2.75, 3.05) is 46.2 Å². The number of hydrogen-bond acceptors (Lipinski definition) is 7. The average Bonchev–Trinajstić information content (AvgIpc) is 3.63. The van der Waals surface area contributed by atoms with E-state index in [9.17, 15) is 41.5 Å². The topological polar surface area (TPSA) is 138 Å². The first-order chi connectivity index (χ1) is 23.7. The minimum absolute atomic E-state index is 0.0653. The van der Waals surface area contributed by atoms with Gasteiger partial charge in [-0.05, 0) is 55.8 Å². The Morgan fingerprint density at radius 3 is 2.02 bits per heavy atom. The maximum Gasteiger partial charge on any atom is 0.414 e. The van der Waals surface area contributed by atoms with E-state index in [1.165, 1.54) is 36.1 Å². The molecule has 16 heteroatoms. The van der Waals surface area contributed by atoms with Gasteiger partial charge in [0.1, 0.15) is 12.7 Å². The third kappa shape index (κ3) is 6.91. The number of anilines is 4. The molecule has 0 radical (unpaired) electrons. The zero-order chi connectivity index (χ0) is 36.4. The number of nitrogens with zero attached hydrogens (tertiary/aromatic N) is 3. The number of cyclic esters (lactones) is 1. The van der Waals surface area contributed by atoms with Gasteiger partial charge in [0, 0.05) is 31.4 Å². The number of rotatable bonds is 8. The van der Waals surface area contributed by atoms with Gasteiger partial charge in [-0.3, -0.25) is 24.6 Å². The van der Waals surface area contributed by atoms with Crippen LogP contribution >= 0.6 is 0 Å². The number of benzene rings is 3. The number of fused-ring (bicyclic) bond motifs is 2. The second kappa shape index (κ2) is 14.1. The second-order valence-electron chi connectivity index (χ2n) is 11.4. The lowest BCUT2D eigenvalue weighted by atomic mass is 10.1. The van der Waals surface area contributed by atoms with Gasteiger partial charge < -0.3 is 24.6 Å². The SMILES string of the molecule is CCN1C(=O)C(F)(F)c2cc(N3C[C@H](CNC(C)=O)OC3=O)ccc21.CCN1C(=O)C(F)(F)c2cc(NC(=O)OCc3ccccc3)ccc21. The molecule has 5 amide bonds. The molecule has 0 unspecified atom stereocenters. The molecule has 3 heterocycles. The first-order valence-electron chi connectivity index (χ1n) is 15.6. The van der Waals surface area contributed by atoms with E-state index in [2.05, 4.69) is 10.6 Å². The van der Waals surface area contributed by atoms with Gasteiger partial charge in [-0.25, -0.2) is 9.59 Å². The summed E-state index contributed by atoms with van der Waals surface area (Å²) >= 11 is 0. The normalized spacial score (nSPS) is 18.2. The smallest absolute Gasteiger partial charge is 0.414 e. The highest BCUT2D eigenvalue weighted by Gasteiger charge is 2.53. The van der Waals surface area contributed by atoms with Crippen LogP contribution in [0, 0.1) is 0 Å². The summed E-state index contributed by atoms with van der Waals surface area (Å²) < 4.78 is 66.9. The van der Waals surface area contributed by atoms with Gasteiger partial charge in [0.05, 0.1) is 35.6 Å². The van der Waals surface area contributed by atoms with E-state index < -0.39 is 53.1 Å². The van der Waals surface area contributed by atoms with Gasteiger partial charge in [-0.2, -0.15) is 17.6 Å². The fraction of sp³-hybridized carbons (Fsp3) is 0.324. The Morgan fingerprint density at radius 1 is 0.860 bits per heavy atom. The van der Waals surface area contributed by atoms with Crippen molar-refractivity contribution < 1.29 is 51.0 Å². The summed E-state index contributed by atoms with van der Waals surface area (Å²) in [4.78, 5) is 61.6. The summed E-state index contributed by atoms with van der Waals surface area (Å²) in [6.07, 6.45) is -2.02. The molecule has 264 valence electrons. The van der Waals surface area contributed by atoms with Gasteiger partial charge in [-0.1, -0.05) is 30.3 Å². The Labute approximate surface area is 283 Å². The van der Waals surface area contributed by atoms with Gasteiger partial charge >= 0.3 is 35.8 Å². The van der Waals surface area contributed by atoms with Crippen LogP contribution in [0.2, 0.25) is 0 Å². The lowest BCUT2D eigenvalue weighted by Crippen LogP contribution is -2.34. The Morgan fingerprint density at radius 2 is 1.44 bits per heavy atom. The molecule has 0 aromatic heterocycles. The van der Waals surface area contributed by atoms with Crippen molar-refractivity contribution in [1.29, 1.82) is 0 Å². The molecular weight excluding hydrogens is 666 g/mol. The Bertz CT molecular complexity index is 1820. The Hall–Kier alpha value is -5.67. The zero-order valence-electron chi connectivity index (χ0n) is 27.2. The number of alkyl halides is 4. The zero-order valence-corrected chi connectivity index (χ0v) is 27.2. The van der Waals surface area contributed by atoms with Crippen molar-refractivity contribution in [2.45, 2.75) is 45.3 Å². The molecule has 6 rings (SSSR count). The molecule has 0 saturated carbocycles. The Balaban J connectivity index is 0.000000194. The lowest BCUT2D eigenvalue weighted by molar-refractivity contribution is -0.141. The van der Waals surface area contributed by atoms with Gasteiger partial charge in [0.25, 0.3) is 0 Å². The average molecular weight is 700 g/mol. The van der Waals surface area contributed by atoms with E-state index in [1.54, 1.807) is 26.0 Å². The van der Waals surface area contributed by atoms with Gasteiger partial charge in [0.2, 0.25) is 5.91 Å². The number of amides is 5. The summed E-state index contributed by atoms with van der Waals surface area (Å²) in [7, 11) is 0. The molecule has 1 saturated heterocycles. The van der Waals surface area contributed by atoms with Crippen molar-refractivity contribution >= 4 is 52.7 Å². The van der Waals surface area contributed by atoms with Crippen LogP contribution in [0.5, 0.6) is 0 Å². The summed E-state index contributed by atoms with van der Waals surface area (Å²) in [6.45, 7) is 5.18. The summed E-state index contributed by atoms with van der Waals surface area (Å²) in [5, 5.41) is 4.94. The van der Waals surface area contributed by atoms with Crippen LogP contribution in [0.15, 0.2) is 66.7 Å². The molecule has 12 nitrogen and oxygen atoms in total. The molecule has 3 aromatic rings. The Kier molecular flexibility index (Phi) is 10.0. The molecule has 0 aliphatic carbocycles. The molecule has 1 atom stereocenters. The van der Waals surface area contributed by atoms with Crippen LogP contribution in [0.25, 0.3) is 0 Å². The summed E-state index contributed by atoms with van der Waals surface area (Å²) in [6, 6.07) is 17.1. The van der Waals surface area contributed by atoms with E-state index in [0.29, 0.717) is 0 Å². The fourth-order valence-electron chi connectivity index (χ4n) is 5.67. The van der Waals surface area contributed by atoms with Gasteiger partial charge in [0.15, 0.2) is 0 Å². The van der Waals surface area contributed by atoms with E-state index in [0.717, 1.165) is 27.5 Å². The first kappa shape index (κ1) is 35.6. The van der Waals surface area contributed by atoms with Crippen molar-refractivity contribution in [3.8, 4) is 0 Å². The standard InChI is InChI=1S/C18H16F2N2O3.C16H17F2N3O4/c1-2-22-15-9-8-13(10-14(15)18(19,20)16(22)23)21-17(24)25-11-12-6-4-3-5-7-12;1-3-20-13-5-4-10(6-12(13)16(17,18)14(20)23)21-8-11(25-15(21)24)7-19-9(2)22/h3-10H,2,11H2,1H3,(H,21,24);4-6,11H,3,7-8H2,1-2H3,(H,19,22)/t;11-/m.0/s1. The molecule has 2 N–H and O–H groups in total. The van der Waals surface area contributed by atoms with Gasteiger partial charge in [-0.15, -0.1) is 0 Å². The number of carbonyl (C=O) groups is 5. The predicted octanol–water partition coefficient (Wildman–Crippen LogP) is 5.50. The monoisotopic (exact) mass is 699 g/mol. The number of likely N-dealkylation sites (N-methyl/N-ethyl adjacent to an activating group) is 2. The molecule has 3 aliphatic rings. The molecule has 3 aromatic carbocycles. The quantitative estimate of drug-likeness (QED) is 0.297. The largest absolute Gasteiger partial charge is 0.444 e. The third-order valence-electron chi connectivity index (χ3n) is 8.12. The van der Waals surface area contributed by atoms with Crippen molar-refractivity contribution in [2.24, 2.45) is 0 Å². The number of hydrogen-bond donors (Lipinski definition) is 2. The predicted molar refractivity (Wildman–Crippen MR) is 173 cm³/mol. The molecule has 1 fully saturated rings. The van der Waals surface area contributed by atoms with Crippen LogP contribution < -0.4 is 25.3 Å². The number of halogens is 4. The summed E-state index contributed by atoms with van der Waals surface area (Å²) in [5.74, 6) is -10.0.